The van der Waals surface area contributed by atoms with Gasteiger partial charge >= 0.3 is 0 Å². The van der Waals surface area contributed by atoms with Gasteiger partial charge in [-0.2, -0.15) is 0 Å². The molecule has 30 heavy (non-hydrogen) atoms. The van der Waals surface area contributed by atoms with E-state index in [1.165, 1.54) is 12.1 Å². The molecule has 2 N–H and O–H groups in total. The molecule has 0 aliphatic carbocycles. The van der Waals surface area contributed by atoms with Gasteiger partial charge in [-0.25, -0.2) is 0 Å². The molecule has 0 bridgehead atoms. The maximum absolute atomic E-state index is 12.1. The van der Waals surface area contributed by atoms with E-state index in [2.05, 4.69) is 10.6 Å². The summed E-state index contributed by atoms with van der Waals surface area (Å²) in [5, 5.41) is 5.97. The first-order chi connectivity index (χ1) is 14.5. The minimum absolute atomic E-state index is 0.163. The number of benzene rings is 2. The molecule has 6 nitrogen and oxygen atoms in total. The number of hydrogen-bond acceptors (Lipinski definition) is 4. The summed E-state index contributed by atoms with van der Waals surface area (Å²) in [5.74, 6) is 0.00998. The second-order valence-electron chi connectivity index (χ2n) is 6.48. The van der Waals surface area contributed by atoms with Crippen LogP contribution >= 0.6 is 23.2 Å². The van der Waals surface area contributed by atoms with Crippen molar-refractivity contribution in [2.24, 2.45) is 0 Å². The fourth-order valence-corrected chi connectivity index (χ4v) is 3.18. The van der Waals surface area contributed by atoms with Gasteiger partial charge in [-0.15, -0.1) is 0 Å². The Kier molecular flexibility index (Phi) is 7.90. The van der Waals surface area contributed by atoms with Crippen LogP contribution in [0.4, 0.5) is 0 Å². The van der Waals surface area contributed by atoms with Crippen molar-refractivity contribution >= 4 is 35.0 Å². The highest BCUT2D eigenvalue weighted by Crippen LogP contribution is 2.20. The third-order valence-electron chi connectivity index (χ3n) is 4.16. The summed E-state index contributed by atoms with van der Waals surface area (Å²) in [7, 11) is 0. The molecule has 0 aliphatic heterocycles. The first-order valence-corrected chi connectivity index (χ1v) is 9.95. The lowest BCUT2D eigenvalue weighted by Gasteiger charge is -2.09. The van der Waals surface area contributed by atoms with E-state index >= 15 is 0 Å². The van der Waals surface area contributed by atoms with E-state index in [0.29, 0.717) is 24.8 Å². The largest absolute Gasteiger partial charge is 0.467 e. The van der Waals surface area contributed by atoms with Gasteiger partial charge in [-0.1, -0.05) is 47.5 Å². The van der Waals surface area contributed by atoms with Gasteiger partial charge in [0.05, 0.1) is 30.0 Å². The Bertz CT molecular complexity index is 1010. The van der Waals surface area contributed by atoms with Crippen molar-refractivity contribution in [2.75, 3.05) is 6.54 Å². The van der Waals surface area contributed by atoms with Crippen molar-refractivity contribution in [1.82, 2.24) is 10.6 Å². The summed E-state index contributed by atoms with van der Waals surface area (Å²) in [6.45, 7) is 0.998. The summed E-state index contributed by atoms with van der Waals surface area (Å²) in [5.41, 5.74) is 2.17. The topological polar surface area (TPSA) is 80.6 Å². The van der Waals surface area contributed by atoms with Gasteiger partial charge in [0.2, 0.25) is 5.91 Å². The van der Waals surface area contributed by atoms with Crippen LogP contribution in [0.2, 0.25) is 10.0 Å². The molecule has 156 valence electrons. The molecule has 0 atom stereocenters. The molecule has 0 unspecified atom stereocenters. The van der Waals surface area contributed by atoms with Gasteiger partial charge in [0.1, 0.15) is 12.4 Å². The lowest BCUT2D eigenvalue weighted by atomic mass is 10.1. The number of nitrogens with one attached hydrogen (secondary N) is 2. The highest BCUT2D eigenvalue weighted by molar-refractivity contribution is 6.36. The molecule has 0 saturated heterocycles. The first kappa shape index (κ1) is 21.9. The average Bonchev–Trinajstić information content (AvgIpc) is 3.24. The van der Waals surface area contributed by atoms with Gasteiger partial charge < -0.3 is 19.8 Å². The molecule has 0 fully saturated rings. The number of amides is 2. The second-order valence-corrected chi connectivity index (χ2v) is 7.32. The molecule has 0 radical (unpaired) electrons. The average molecular weight is 447 g/mol. The number of halogens is 2. The SMILES string of the molecule is O=C(CNC(=O)c1ccc(Cl)cc1Cl)NCc1cccc(COCc2ccco2)c1. The van der Waals surface area contributed by atoms with Crippen molar-refractivity contribution in [2.45, 2.75) is 19.8 Å². The van der Waals surface area contributed by atoms with Crippen molar-refractivity contribution in [3.05, 3.63) is 93.4 Å². The van der Waals surface area contributed by atoms with E-state index in [1.807, 2.05) is 36.4 Å². The van der Waals surface area contributed by atoms with Gasteiger partial charge in [-0.05, 0) is 41.5 Å². The zero-order chi connectivity index (χ0) is 21.3. The predicted molar refractivity (Wildman–Crippen MR) is 114 cm³/mol. The quantitative estimate of drug-likeness (QED) is 0.511. The smallest absolute Gasteiger partial charge is 0.253 e. The molecule has 2 aromatic carbocycles. The lowest BCUT2D eigenvalue weighted by Crippen LogP contribution is -2.36. The van der Waals surface area contributed by atoms with E-state index in [1.54, 1.807) is 12.3 Å². The van der Waals surface area contributed by atoms with Crippen LogP contribution in [0.25, 0.3) is 0 Å². The van der Waals surface area contributed by atoms with E-state index in [4.69, 9.17) is 32.4 Å². The van der Waals surface area contributed by atoms with Crippen molar-refractivity contribution < 1.29 is 18.7 Å². The van der Waals surface area contributed by atoms with Crippen LogP contribution in [-0.2, 0) is 29.3 Å². The summed E-state index contributed by atoms with van der Waals surface area (Å²) in [4.78, 5) is 24.2. The summed E-state index contributed by atoms with van der Waals surface area (Å²) >= 11 is 11.8. The number of ether oxygens (including phenoxy) is 1. The van der Waals surface area contributed by atoms with Crippen molar-refractivity contribution in [1.29, 1.82) is 0 Å². The lowest BCUT2D eigenvalue weighted by molar-refractivity contribution is -0.120. The van der Waals surface area contributed by atoms with Crippen LogP contribution in [-0.4, -0.2) is 18.4 Å². The molecule has 3 aromatic rings. The van der Waals surface area contributed by atoms with Crippen LogP contribution in [0.3, 0.4) is 0 Å². The zero-order valence-electron chi connectivity index (χ0n) is 16.0. The Balaban J connectivity index is 1.42. The molecule has 0 aliphatic rings. The van der Waals surface area contributed by atoms with E-state index in [-0.39, 0.29) is 23.0 Å². The number of rotatable bonds is 9. The molecule has 1 aromatic heterocycles. The number of furan rings is 1. The Labute approximate surface area is 184 Å². The van der Waals surface area contributed by atoms with Crippen LogP contribution in [0, 0.1) is 0 Å². The second kappa shape index (κ2) is 10.8. The van der Waals surface area contributed by atoms with Gasteiger partial charge in [-0.3, -0.25) is 9.59 Å². The molecule has 1 heterocycles. The van der Waals surface area contributed by atoms with Gasteiger partial charge in [0, 0.05) is 11.6 Å². The van der Waals surface area contributed by atoms with Crippen molar-refractivity contribution in [3.8, 4) is 0 Å². The fourth-order valence-electron chi connectivity index (χ4n) is 2.69. The number of carbonyl (C=O) groups is 2. The van der Waals surface area contributed by atoms with Crippen LogP contribution < -0.4 is 10.6 Å². The highest BCUT2D eigenvalue weighted by atomic mass is 35.5. The molecule has 0 spiro atoms. The molecule has 3 rings (SSSR count). The first-order valence-electron chi connectivity index (χ1n) is 9.19. The third kappa shape index (κ3) is 6.62. The zero-order valence-corrected chi connectivity index (χ0v) is 17.5. The van der Waals surface area contributed by atoms with Gasteiger partial charge in [0.25, 0.3) is 5.91 Å². The Morgan fingerprint density at radius 3 is 2.53 bits per heavy atom. The maximum Gasteiger partial charge on any atom is 0.253 e. The van der Waals surface area contributed by atoms with E-state index in [0.717, 1.165) is 16.9 Å². The Morgan fingerprint density at radius 1 is 0.933 bits per heavy atom. The minimum Gasteiger partial charge on any atom is -0.467 e. The Hall–Kier alpha value is -2.80. The molecule has 2 amide bonds. The summed E-state index contributed by atoms with van der Waals surface area (Å²) in [6.07, 6.45) is 1.61. The molecular weight excluding hydrogens is 427 g/mol. The maximum atomic E-state index is 12.1. The van der Waals surface area contributed by atoms with Gasteiger partial charge in [0.15, 0.2) is 0 Å². The Morgan fingerprint density at radius 2 is 1.77 bits per heavy atom. The number of hydrogen-bond donors (Lipinski definition) is 2. The molecular formula is C22H20Cl2N2O4. The van der Waals surface area contributed by atoms with E-state index in [9.17, 15) is 9.59 Å². The van der Waals surface area contributed by atoms with Crippen LogP contribution in [0.1, 0.15) is 27.2 Å². The molecule has 8 heteroatoms. The standard InChI is InChI=1S/C22H20Cl2N2O4/c23-17-6-7-19(20(24)10-17)22(28)26-12-21(27)25-11-15-3-1-4-16(9-15)13-29-14-18-5-2-8-30-18/h1-10H,11-14H2,(H,25,27)(H,26,28). The molecule has 0 saturated carbocycles. The predicted octanol–water partition coefficient (Wildman–Crippen LogP) is 4.35. The minimum atomic E-state index is -0.442. The van der Waals surface area contributed by atoms with Crippen molar-refractivity contribution in [3.63, 3.8) is 0 Å². The monoisotopic (exact) mass is 446 g/mol. The number of carbonyl (C=O) groups excluding carboxylic acids is 2. The summed E-state index contributed by atoms with van der Waals surface area (Å²) < 4.78 is 10.8. The van der Waals surface area contributed by atoms with Crippen LogP contribution in [0.5, 0.6) is 0 Å². The highest BCUT2D eigenvalue weighted by Gasteiger charge is 2.12. The fraction of sp³-hybridized carbons (Fsp3) is 0.182. The normalized spacial score (nSPS) is 10.6. The van der Waals surface area contributed by atoms with E-state index < -0.39 is 5.91 Å². The third-order valence-corrected chi connectivity index (χ3v) is 4.71. The van der Waals surface area contributed by atoms with Crippen LogP contribution in [0.15, 0.2) is 65.3 Å². The summed E-state index contributed by atoms with van der Waals surface area (Å²) in [6, 6.07) is 15.9.